The fourth-order valence-corrected chi connectivity index (χ4v) is 1.97. The van der Waals surface area contributed by atoms with Crippen LogP contribution in [-0.4, -0.2) is 11.6 Å². The van der Waals surface area contributed by atoms with Crippen LogP contribution in [0.5, 0.6) is 5.75 Å². The summed E-state index contributed by atoms with van der Waals surface area (Å²) in [7, 11) is 0. The molecule has 0 aliphatic rings. The molecule has 0 amide bonds. The quantitative estimate of drug-likeness (QED) is 0.670. The number of hydrogen-bond acceptors (Lipinski definition) is 3. The largest absolute Gasteiger partial charge is 0.494 e. The van der Waals surface area contributed by atoms with Crippen LogP contribution in [0.15, 0.2) is 18.2 Å². The number of ether oxygens (including phenoxy) is 1. The van der Waals surface area contributed by atoms with Crippen molar-refractivity contribution in [1.29, 1.82) is 0 Å². The predicted octanol–water partition coefficient (Wildman–Crippen LogP) is 3.96. The number of rotatable bonds is 5. The number of anilines is 1. The van der Waals surface area contributed by atoms with E-state index in [1.807, 2.05) is 13.8 Å². The van der Waals surface area contributed by atoms with Gasteiger partial charge in [-0.2, -0.15) is 22.5 Å². The lowest BCUT2D eigenvalue weighted by Crippen LogP contribution is -2.09. The van der Waals surface area contributed by atoms with Crippen molar-refractivity contribution in [2.24, 2.45) is 0 Å². The number of aromatic nitrogens is 1. The molecule has 1 aromatic carbocycles. The van der Waals surface area contributed by atoms with Gasteiger partial charge >= 0.3 is 0 Å². The van der Waals surface area contributed by atoms with Gasteiger partial charge in [-0.1, -0.05) is 12.1 Å². The molecule has 0 unspecified atom stereocenters. The average molecular weight is 314 g/mol. The molecular formula is C15H14F4N2O. The number of nitrogens with zero attached hydrogens (tertiary/aromatic N) is 1. The summed E-state index contributed by atoms with van der Waals surface area (Å²) in [6.45, 7) is 4.18. The third-order valence-corrected chi connectivity index (χ3v) is 3.01. The highest BCUT2D eigenvalue weighted by atomic mass is 19.2. The number of aryl methyl sites for hydroxylation is 1. The first-order valence-corrected chi connectivity index (χ1v) is 6.60. The van der Waals surface area contributed by atoms with Crippen LogP contribution in [0.4, 0.5) is 23.2 Å². The van der Waals surface area contributed by atoms with E-state index in [1.54, 1.807) is 18.2 Å². The minimum Gasteiger partial charge on any atom is -0.494 e. The lowest BCUT2D eigenvalue weighted by molar-refractivity contribution is 0.338. The monoisotopic (exact) mass is 314 g/mol. The van der Waals surface area contributed by atoms with Gasteiger partial charge in [-0.25, -0.2) is 0 Å². The highest BCUT2D eigenvalue weighted by molar-refractivity contribution is 5.46. The molecule has 1 heterocycles. The first kappa shape index (κ1) is 16.1. The number of nitrogens with one attached hydrogen (secondary N) is 1. The lowest BCUT2D eigenvalue weighted by atomic mass is 10.1. The van der Waals surface area contributed by atoms with Crippen LogP contribution in [0, 0.1) is 30.5 Å². The minimum absolute atomic E-state index is 0.00994. The van der Waals surface area contributed by atoms with Gasteiger partial charge in [-0.3, -0.25) is 0 Å². The Morgan fingerprint density at radius 3 is 2.27 bits per heavy atom. The minimum atomic E-state index is -1.69. The molecule has 7 heteroatoms. The predicted molar refractivity (Wildman–Crippen MR) is 73.7 cm³/mol. The third kappa shape index (κ3) is 3.29. The number of halogens is 4. The summed E-state index contributed by atoms with van der Waals surface area (Å²) >= 11 is 0. The van der Waals surface area contributed by atoms with Crippen molar-refractivity contribution in [2.75, 3.05) is 11.9 Å². The fourth-order valence-electron chi connectivity index (χ4n) is 1.97. The van der Waals surface area contributed by atoms with Crippen LogP contribution in [0.1, 0.15) is 18.1 Å². The average Bonchev–Trinajstić information content (AvgIpc) is 2.48. The van der Waals surface area contributed by atoms with Crippen LogP contribution in [0.2, 0.25) is 0 Å². The molecule has 0 aliphatic heterocycles. The van der Waals surface area contributed by atoms with Gasteiger partial charge in [0.15, 0.2) is 0 Å². The molecular weight excluding hydrogens is 300 g/mol. The Labute approximate surface area is 124 Å². The normalized spacial score (nSPS) is 10.6. The van der Waals surface area contributed by atoms with Crippen LogP contribution < -0.4 is 10.1 Å². The molecule has 0 bridgehead atoms. The topological polar surface area (TPSA) is 34.1 Å². The van der Waals surface area contributed by atoms with Crippen molar-refractivity contribution < 1.29 is 22.3 Å². The maximum Gasteiger partial charge on any atom is 0.253 e. The highest BCUT2D eigenvalue weighted by Gasteiger charge is 2.20. The molecule has 2 rings (SSSR count). The summed E-state index contributed by atoms with van der Waals surface area (Å²) in [5.74, 6) is -5.79. The SMILES string of the molecule is CCOc1ccc(CNc2c(F)c(F)nc(F)c2F)cc1C. The van der Waals surface area contributed by atoms with E-state index in [0.29, 0.717) is 17.9 Å². The van der Waals surface area contributed by atoms with Crippen LogP contribution in [-0.2, 0) is 6.54 Å². The van der Waals surface area contributed by atoms with Crippen molar-refractivity contribution >= 4 is 5.69 Å². The zero-order valence-corrected chi connectivity index (χ0v) is 12.0. The molecule has 0 aliphatic carbocycles. The first-order chi connectivity index (χ1) is 10.4. The third-order valence-electron chi connectivity index (χ3n) is 3.01. The summed E-state index contributed by atoms with van der Waals surface area (Å²) in [4.78, 5) is 2.49. The van der Waals surface area contributed by atoms with Crippen molar-refractivity contribution in [3.05, 3.63) is 52.9 Å². The van der Waals surface area contributed by atoms with E-state index in [0.717, 1.165) is 5.56 Å². The molecule has 0 spiro atoms. The Bertz CT molecular complexity index is 665. The van der Waals surface area contributed by atoms with Crippen molar-refractivity contribution in [1.82, 2.24) is 4.98 Å². The van der Waals surface area contributed by atoms with Crippen molar-refractivity contribution in [3.8, 4) is 5.75 Å². The zero-order chi connectivity index (χ0) is 16.3. The summed E-state index contributed by atoms with van der Waals surface area (Å²) in [6.07, 6.45) is 0. The van der Waals surface area contributed by atoms with Gasteiger partial charge in [-0.15, -0.1) is 0 Å². The van der Waals surface area contributed by atoms with E-state index >= 15 is 0 Å². The standard InChI is InChI=1S/C15H14F4N2O/c1-3-22-10-5-4-9(6-8(10)2)7-20-13-11(16)14(18)21-15(19)12(13)17/h4-6H,3,7H2,1-2H3,(H,20,21). The summed E-state index contributed by atoms with van der Waals surface area (Å²) in [6, 6.07) is 5.16. The van der Waals surface area contributed by atoms with Crippen LogP contribution in [0.25, 0.3) is 0 Å². The van der Waals surface area contributed by atoms with E-state index in [-0.39, 0.29) is 6.54 Å². The smallest absolute Gasteiger partial charge is 0.253 e. The molecule has 0 saturated heterocycles. The van der Waals surface area contributed by atoms with E-state index in [9.17, 15) is 17.6 Å². The molecule has 0 fully saturated rings. The first-order valence-electron chi connectivity index (χ1n) is 6.60. The van der Waals surface area contributed by atoms with Gasteiger partial charge in [0.25, 0.3) is 11.9 Å². The summed E-state index contributed by atoms with van der Waals surface area (Å²) in [5, 5.41) is 2.35. The Balaban J connectivity index is 2.19. The molecule has 0 radical (unpaired) electrons. The number of pyridine rings is 1. The Morgan fingerprint density at radius 1 is 1.09 bits per heavy atom. The number of hydrogen-bond donors (Lipinski definition) is 1. The molecule has 22 heavy (non-hydrogen) atoms. The van der Waals surface area contributed by atoms with Crippen LogP contribution >= 0.6 is 0 Å². The zero-order valence-electron chi connectivity index (χ0n) is 12.0. The maximum atomic E-state index is 13.5. The molecule has 118 valence electrons. The molecule has 1 aromatic heterocycles. The lowest BCUT2D eigenvalue weighted by Gasteiger charge is -2.12. The van der Waals surface area contributed by atoms with E-state index in [2.05, 4.69) is 10.3 Å². The molecule has 2 aromatic rings. The molecule has 3 nitrogen and oxygen atoms in total. The van der Waals surface area contributed by atoms with Gasteiger partial charge in [0.1, 0.15) is 11.4 Å². The maximum absolute atomic E-state index is 13.5. The summed E-state index contributed by atoms with van der Waals surface area (Å²) in [5.41, 5.74) is 0.642. The van der Waals surface area contributed by atoms with Gasteiger partial charge in [0, 0.05) is 6.54 Å². The Kier molecular flexibility index (Phi) is 4.85. The van der Waals surface area contributed by atoms with E-state index in [4.69, 9.17) is 4.74 Å². The van der Waals surface area contributed by atoms with Gasteiger partial charge in [0.2, 0.25) is 11.6 Å². The molecule has 0 atom stereocenters. The summed E-state index contributed by atoms with van der Waals surface area (Å²) < 4.78 is 58.3. The Hall–Kier alpha value is -2.31. The highest BCUT2D eigenvalue weighted by Crippen LogP contribution is 2.24. The van der Waals surface area contributed by atoms with Gasteiger partial charge in [0.05, 0.1) is 6.61 Å². The van der Waals surface area contributed by atoms with Crippen molar-refractivity contribution in [3.63, 3.8) is 0 Å². The fraction of sp³-hybridized carbons (Fsp3) is 0.267. The molecule has 0 saturated carbocycles. The van der Waals surface area contributed by atoms with Gasteiger partial charge in [-0.05, 0) is 31.0 Å². The second kappa shape index (κ2) is 6.64. The van der Waals surface area contributed by atoms with Crippen LogP contribution in [0.3, 0.4) is 0 Å². The second-order valence-electron chi connectivity index (χ2n) is 4.58. The van der Waals surface area contributed by atoms with Gasteiger partial charge < -0.3 is 10.1 Å². The second-order valence-corrected chi connectivity index (χ2v) is 4.58. The van der Waals surface area contributed by atoms with E-state index < -0.39 is 29.2 Å². The Morgan fingerprint density at radius 2 is 1.73 bits per heavy atom. The van der Waals surface area contributed by atoms with Crippen molar-refractivity contribution in [2.45, 2.75) is 20.4 Å². The molecule has 1 N–H and O–H groups in total. The van der Waals surface area contributed by atoms with E-state index in [1.165, 1.54) is 0 Å². The number of benzene rings is 1.